The van der Waals surface area contributed by atoms with Crippen molar-refractivity contribution < 1.29 is 9.84 Å². The minimum Gasteiger partial charge on any atom is -0.389 e. The normalized spacial score (nSPS) is 12.8. The Morgan fingerprint density at radius 2 is 1.92 bits per heavy atom. The Labute approximate surface area is 149 Å². The summed E-state index contributed by atoms with van der Waals surface area (Å²) in [6, 6.07) is 13.9. The van der Waals surface area contributed by atoms with Crippen molar-refractivity contribution in [2.75, 3.05) is 26.2 Å². The van der Waals surface area contributed by atoms with Crippen molar-refractivity contribution in [2.45, 2.75) is 26.2 Å². The first kappa shape index (κ1) is 19.0. The summed E-state index contributed by atoms with van der Waals surface area (Å²) in [6.45, 7) is 5.48. The van der Waals surface area contributed by atoms with E-state index in [0.29, 0.717) is 19.1 Å². The molecular weight excluding hydrogens is 316 g/mol. The second-order valence-corrected chi connectivity index (χ2v) is 5.72. The second kappa shape index (κ2) is 11.3. The van der Waals surface area contributed by atoms with Gasteiger partial charge in [0.05, 0.1) is 25.9 Å². The van der Waals surface area contributed by atoms with Crippen molar-refractivity contribution in [1.82, 2.24) is 15.2 Å². The van der Waals surface area contributed by atoms with Gasteiger partial charge in [0.1, 0.15) is 0 Å². The van der Waals surface area contributed by atoms with Gasteiger partial charge in [0.25, 0.3) is 0 Å². The summed E-state index contributed by atoms with van der Waals surface area (Å²) in [5.41, 5.74) is 1.10. The molecule has 0 saturated carbocycles. The van der Waals surface area contributed by atoms with Crippen molar-refractivity contribution in [3.05, 3.63) is 60.4 Å². The van der Waals surface area contributed by atoms with Crippen molar-refractivity contribution in [2.24, 2.45) is 4.99 Å². The lowest BCUT2D eigenvalue weighted by molar-refractivity contribution is 0.0331. The first-order valence-corrected chi connectivity index (χ1v) is 8.70. The molecule has 1 unspecified atom stereocenters. The van der Waals surface area contributed by atoms with Crippen molar-refractivity contribution in [3.8, 4) is 0 Å². The van der Waals surface area contributed by atoms with Gasteiger partial charge in [-0.3, -0.25) is 4.99 Å². The SMILES string of the molecule is CCNC(=NCC(O)COCc1ccccc1)NCCn1cccc1. The van der Waals surface area contributed by atoms with E-state index in [1.54, 1.807) is 0 Å². The maximum Gasteiger partial charge on any atom is 0.191 e. The van der Waals surface area contributed by atoms with Gasteiger partial charge < -0.3 is 25.0 Å². The Bertz CT molecular complexity index is 599. The Morgan fingerprint density at radius 1 is 1.16 bits per heavy atom. The number of ether oxygens (including phenoxy) is 1. The van der Waals surface area contributed by atoms with Gasteiger partial charge in [0.15, 0.2) is 5.96 Å². The number of aliphatic hydroxyl groups is 1. The highest BCUT2D eigenvalue weighted by Crippen LogP contribution is 2.01. The number of guanidine groups is 1. The molecule has 0 aliphatic carbocycles. The van der Waals surface area contributed by atoms with E-state index in [1.165, 1.54) is 0 Å². The van der Waals surface area contributed by atoms with Gasteiger partial charge in [0, 0.05) is 32.0 Å². The Hall–Kier alpha value is -2.31. The molecule has 136 valence electrons. The standard InChI is InChI=1S/C19H28N4O2/c1-2-20-19(21-10-13-23-11-6-7-12-23)22-14-18(24)16-25-15-17-8-4-3-5-9-17/h3-9,11-12,18,24H,2,10,13-16H2,1H3,(H2,20,21,22). The molecule has 2 aromatic rings. The van der Waals surface area contributed by atoms with Crippen LogP contribution in [-0.4, -0.2) is 48.0 Å². The van der Waals surface area contributed by atoms with E-state index in [9.17, 15) is 5.11 Å². The fourth-order valence-electron chi connectivity index (χ4n) is 2.30. The van der Waals surface area contributed by atoms with E-state index in [0.717, 1.165) is 25.2 Å². The van der Waals surface area contributed by atoms with Crippen LogP contribution in [-0.2, 0) is 17.9 Å². The molecule has 1 heterocycles. The molecule has 1 atom stereocenters. The first-order valence-electron chi connectivity index (χ1n) is 8.70. The summed E-state index contributed by atoms with van der Waals surface area (Å²) < 4.78 is 7.64. The number of benzene rings is 1. The highest BCUT2D eigenvalue weighted by atomic mass is 16.5. The number of aliphatic hydroxyl groups excluding tert-OH is 1. The Balaban J connectivity index is 1.67. The van der Waals surface area contributed by atoms with Gasteiger partial charge in [-0.2, -0.15) is 0 Å². The third-order valence-electron chi connectivity index (χ3n) is 3.55. The van der Waals surface area contributed by atoms with E-state index in [-0.39, 0.29) is 6.61 Å². The molecule has 0 aliphatic heterocycles. The minimum atomic E-state index is -0.622. The predicted octanol–water partition coefficient (Wildman–Crippen LogP) is 1.62. The molecule has 25 heavy (non-hydrogen) atoms. The molecule has 6 nitrogen and oxygen atoms in total. The molecule has 6 heteroatoms. The van der Waals surface area contributed by atoms with Gasteiger partial charge in [-0.25, -0.2) is 0 Å². The topological polar surface area (TPSA) is 70.8 Å². The average molecular weight is 344 g/mol. The fourth-order valence-corrected chi connectivity index (χ4v) is 2.30. The van der Waals surface area contributed by atoms with Gasteiger partial charge in [-0.15, -0.1) is 0 Å². The highest BCUT2D eigenvalue weighted by Gasteiger charge is 2.05. The summed E-state index contributed by atoms with van der Waals surface area (Å²) in [5.74, 6) is 0.705. The van der Waals surface area contributed by atoms with Crippen LogP contribution in [0, 0.1) is 0 Å². The van der Waals surface area contributed by atoms with Crippen molar-refractivity contribution >= 4 is 5.96 Å². The Kier molecular flexibility index (Phi) is 8.58. The van der Waals surface area contributed by atoms with Gasteiger partial charge in [0.2, 0.25) is 0 Å². The highest BCUT2D eigenvalue weighted by molar-refractivity contribution is 5.79. The van der Waals surface area contributed by atoms with Gasteiger partial charge in [-0.1, -0.05) is 30.3 Å². The van der Waals surface area contributed by atoms with Crippen LogP contribution in [0.4, 0.5) is 0 Å². The molecule has 2 rings (SSSR count). The Morgan fingerprint density at radius 3 is 2.64 bits per heavy atom. The third-order valence-corrected chi connectivity index (χ3v) is 3.55. The van der Waals surface area contributed by atoms with E-state index < -0.39 is 6.10 Å². The average Bonchev–Trinajstić information content (AvgIpc) is 3.14. The van der Waals surface area contributed by atoms with Crippen LogP contribution in [0.2, 0.25) is 0 Å². The summed E-state index contributed by atoms with van der Waals surface area (Å²) in [6.07, 6.45) is 3.43. The van der Waals surface area contributed by atoms with Crippen LogP contribution in [0.15, 0.2) is 59.9 Å². The zero-order chi connectivity index (χ0) is 17.7. The second-order valence-electron chi connectivity index (χ2n) is 5.72. The first-order chi connectivity index (χ1) is 12.3. The van der Waals surface area contributed by atoms with Gasteiger partial charge in [-0.05, 0) is 24.6 Å². The maximum atomic E-state index is 10.0. The molecule has 0 amide bonds. The number of rotatable bonds is 10. The smallest absolute Gasteiger partial charge is 0.191 e. The molecule has 1 aromatic carbocycles. The monoisotopic (exact) mass is 344 g/mol. The molecule has 0 saturated heterocycles. The molecular formula is C19H28N4O2. The molecule has 0 aliphatic rings. The molecule has 0 radical (unpaired) electrons. The maximum absolute atomic E-state index is 10.0. The van der Waals surface area contributed by atoms with E-state index in [2.05, 4.69) is 20.2 Å². The number of nitrogens with one attached hydrogen (secondary N) is 2. The number of hydrogen-bond donors (Lipinski definition) is 3. The van der Waals surface area contributed by atoms with Crippen molar-refractivity contribution in [1.29, 1.82) is 0 Å². The van der Waals surface area contributed by atoms with Crippen LogP contribution in [0.1, 0.15) is 12.5 Å². The van der Waals surface area contributed by atoms with Crippen molar-refractivity contribution in [3.63, 3.8) is 0 Å². The zero-order valence-electron chi connectivity index (χ0n) is 14.8. The van der Waals surface area contributed by atoms with Gasteiger partial charge >= 0.3 is 0 Å². The van der Waals surface area contributed by atoms with E-state index >= 15 is 0 Å². The summed E-state index contributed by atoms with van der Waals surface area (Å²) in [4.78, 5) is 4.41. The predicted molar refractivity (Wildman–Crippen MR) is 101 cm³/mol. The lowest BCUT2D eigenvalue weighted by atomic mass is 10.2. The summed E-state index contributed by atoms with van der Waals surface area (Å²) >= 11 is 0. The molecule has 0 fully saturated rings. The summed E-state index contributed by atoms with van der Waals surface area (Å²) in [7, 11) is 0. The minimum absolute atomic E-state index is 0.265. The number of hydrogen-bond acceptors (Lipinski definition) is 3. The zero-order valence-corrected chi connectivity index (χ0v) is 14.8. The van der Waals surface area contributed by atoms with E-state index in [1.807, 2.05) is 61.8 Å². The lowest BCUT2D eigenvalue weighted by Gasteiger charge is -2.13. The molecule has 1 aromatic heterocycles. The lowest BCUT2D eigenvalue weighted by Crippen LogP contribution is -2.39. The fraction of sp³-hybridized carbons (Fsp3) is 0.421. The third kappa shape index (κ3) is 7.87. The van der Waals surface area contributed by atoms with Crippen LogP contribution >= 0.6 is 0 Å². The molecule has 0 bridgehead atoms. The van der Waals surface area contributed by atoms with Crippen LogP contribution in [0.5, 0.6) is 0 Å². The number of aliphatic imine (C=N–C) groups is 1. The molecule has 3 N–H and O–H groups in total. The van der Waals surface area contributed by atoms with Crippen LogP contribution < -0.4 is 10.6 Å². The number of nitrogens with zero attached hydrogens (tertiary/aromatic N) is 2. The largest absolute Gasteiger partial charge is 0.389 e. The number of aromatic nitrogens is 1. The quantitative estimate of drug-likeness (QED) is 0.452. The molecule has 0 spiro atoms. The van der Waals surface area contributed by atoms with Crippen LogP contribution in [0.25, 0.3) is 0 Å². The van der Waals surface area contributed by atoms with E-state index in [4.69, 9.17) is 4.74 Å². The van der Waals surface area contributed by atoms with Crippen LogP contribution in [0.3, 0.4) is 0 Å². The summed E-state index contributed by atoms with van der Waals surface area (Å²) in [5, 5.41) is 16.5.